The molecule has 0 heterocycles. The van der Waals surface area contributed by atoms with E-state index in [9.17, 15) is 24.5 Å². The maximum absolute atomic E-state index is 12.0. The number of hydrogen-bond donors (Lipinski definition) is 3. The van der Waals surface area contributed by atoms with Crippen LogP contribution in [0.25, 0.3) is 0 Å². The van der Waals surface area contributed by atoms with Crippen LogP contribution in [0.3, 0.4) is 0 Å². The number of benzene rings is 1. The zero-order valence-corrected chi connectivity index (χ0v) is 12.9. The van der Waals surface area contributed by atoms with Crippen LogP contribution in [0.15, 0.2) is 24.3 Å². The molecular weight excluding hydrogens is 322 g/mol. The van der Waals surface area contributed by atoms with E-state index >= 15 is 0 Å². The van der Waals surface area contributed by atoms with Crippen molar-refractivity contribution in [1.82, 2.24) is 10.6 Å². The minimum absolute atomic E-state index is 0.0174. The molecule has 1 aromatic rings. The lowest BCUT2D eigenvalue weighted by atomic mass is 10.1. The molecule has 130 valence electrons. The Labute approximate surface area is 136 Å². The number of non-ortho nitro benzene ring substituents is 1. The van der Waals surface area contributed by atoms with Crippen LogP contribution in [0.5, 0.6) is 0 Å². The number of amides is 2. The van der Waals surface area contributed by atoms with Crippen LogP contribution in [0, 0.1) is 10.1 Å². The Morgan fingerprint density at radius 3 is 2.71 bits per heavy atom. The minimum atomic E-state index is -1.11. The Morgan fingerprint density at radius 1 is 1.38 bits per heavy atom. The number of carbonyl (C=O) groups excluding carboxylic acids is 2. The Morgan fingerprint density at radius 2 is 2.08 bits per heavy atom. The minimum Gasteiger partial charge on any atom is -0.480 e. The van der Waals surface area contributed by atoms with E-state index in [1.807, 2.05) is 0 Å². The number of aliphatic carboxylic acids is 1. The van der Waals surface area contributed by atoms with Crippen molar-refractivity contribution >= 4 is 23.5 Å². The van der Waals surface area contributed by atoms with E-state index in [4.69, 9.17) is 9.84 Å². The number of nitrogens with zero attached hydrogens (tertiary/aromatic N) is 1. The van der Waals surface area contributed by atoms with Crippen LogP contribution < -0.4 is 10.6 Å². The van der Waals surface area contributed by atoms with Crippen molar-refractivity contribution in [3.05, 3.63) is 39.9 Å². The highest BCUT2D eigenvalue weighted by Crippen LogP contribution is 2.13. The van der Waals surface area contributed by atoms with Crippen LogP contribution in [0.1, 0.15) is 17.3 Å². The molecular formula is C14H17N3O7. The zero-order valence-electron chi connectivity index (χ0n) is 12.9. The van der Waals surface area contributed by atoms with E-state index < -0.39 is 35.4 Å². The second-order valence-corrected chi connectivity index (χ2v) is 4.74. The monoisotopic (exact) mass is 339 g/mol. The number of nitrogens with one attached hydrogen (secondary N) is 2. The largest absolute Gasteiger partial charge is 0.480 e. The van der Waals surface area contributed by atoms with Gasteiger partial charge in [-0.15, -0.1) is 0 Å². The summed E-state index contributed by atoms with van der Waals surface area (Å²) in [6.45, 7) is 1.09. The van der Waals surface area contributed by atoms with Gasteiger partial charge in [-0.2, -0.15) is 0 Å². The van der Waals surface area contributed by atoms with E-state index in [0.717, 1.165) is 6.07 Å². The van der Waals surface area contributed by atoms with Gasteiger partial charge in [0.25, 0.3) is 11.6 Å². The molecule has 0 bridgehead atoms. The number of carboxylic acids is 1. The number of hydrogen-bond acceptors (Lipinski definition) is 6. The normalized spacial score (nSPS) is 11.4. The second kappa shape index (κ2) is 9.20. The van der Waals surface area contributed by atoms with Crippen LogP contribution in [0.4, 0.5) is 5.69 Å². The molecule has 1 rings (SSSR count). The first-order valence-electron chi connectivity index (χ1n) is 6.94. The van der Waals surface area contributed by atoms with Gasteiger partial charge >= 0.3 is 5.97 Å². The molecule has 10 nitrogen and oxygen atoms in total. The zero-order chi connectivity index (χ0) is 18.1. The summed E-state index contributed by atoms with van der Waals surface area (Å²) >= 11 is 0. The van der Waals surface area contributed by atoms with Crippen molar-refractivity contribution in [1.29, 1.82) is 0 Å². The van der Waals surface area contributed by atoms with Crippen LogP contribution >= 0.6 is 0 Å². The Balaban J connectivity index is 2.45. The molecule has 1 aromatic carbocycles. The molecule has 0 aliphatic heterocycles. The maximum atomic E-state index is 12.0. The molecule has 0 aromatic heterocycles. The lowest BCUT2D eigenvalue weighted by Gasteiger charge is -2.14. The predicted octanol–water partition coefficient (Wildman–Crippen LogP) is -0.0695. The van der Waals surface area contributed by atoms with Gasteiger partial charge in [-0.25, -0.2) is 4.79 Å². The van der Waals surface area contributed by atoms with Crippen LogP contribution in [-0.4, -0.2) is 53.6 Å². The summed E-state index contributed by atoms with van der Waals surface area (Å²) in [5, 5.41) is 23.9. The average Bonchev–Trinajstić information content (AvgIpc) is 2.53. The number of nitro groups is 1. The SMILES string of the molecule is CC(NC(=O)c1cccc([N+](=O)[O-])c1)C(=O)NCCOCC(=O)O. The topological polar surface area (TPSA) is 148 Å². The molecule has 0 spiro atoms. The molecule has 0 saturated heterocycles. The summed E-state index contributed by atoms with van der Waals surface area (Å²) in [6, 6.07) is 4.25. The van der Waals surface area contributed by atoms with Gasteiger partial charge in [0.15, 0.2) is 0 Å². The molecule has 1 atom stereocenters. The fraction of sp³-hybridized carbons (Fsp3) is 0.357. The van der Waals surface area contributed by atoms with Gasteiger partial charge in [0.05, 0.1) is 11.5 Å². The van der Waals surface area contributed by atoms with E-state index in [1.165, 1.54) is 25.1 Å². The van der Waals surface area contributed by atoms with Crippen molar-refractivity contribution < 1.29 is 29.2 Å². The summed E-state index contributed by atoms with van der Waals surface area (Å²) in [5.41, 5.74) is -0.163. The van der Waals surface area contributed by atoms with E-state index in [2.05, 4.69) is 10.6 Å². The van der Waals surface area contributed by atoms with Crippen LogP contribution in [-0.2, 0) is 14.3 Å². The lowest BCUT2D eigenvalue weighted by Crippen LogP contribution is -2.45. The molecule has 3 N–H and O–H groups in total. The smallest absolute Gasteiger partial charge is 0.329 e. The fourth-order valence-corrected chi connectivity index (χ4v) is 1.67. The van der Waals surface area contributed by atoms with Crippen molar-refractivity contribution in [2.45, 2.75) is 13.0 Å². The van der Waals surface area contributed by atoms with Gasteiger partial charge in [-0.3, -0.25) is 19.7 Å². The third-order valence-electron chi connectivity index (χ3n) is 2.83. The quantitative estimate of drug-likeness (QED) is 0.324. The third-order valence-corrected chi connectivity index (χ3v) is 2.83. The Hall–Kier alpha value is -3.01. The third kappa shape index (κ3) is 6.40. The molecule has 0 aliphatic carbocycles. The number of rotatable bonds is 9. The van der Waals surface area contributed by atoms with Gasteiger partial charge in [0, 0.05) is 24.2 Å². The van der Waals surface area contributed by atoms with Crippen molar-refractivity contribution in [2.24, 2.45) is 0 Å². The van der Waals surface area contributed by atoms with Crippen molar-refractivity contribution in [2.75, 3.05) is 19.8 Å². The average molecular weight is 339 g/mol. The van der Waals surface area contributed by atoms with E-state index in [1.54, 1.807) is 0 Å². The molecule has 1 unspecified atom stereocenters. The van der Waals surface area contributed by atoms with Gasteiger partial charge in [0.2, 0.25) is 5.91 Å². The number of carbonyl (C=O) groups is 3. The van der Waals surface area contributed by atoms with Gasteiger partial charge in [-0.05, 0) is 13.0 Å². The fourth-order valence-electron chi connectivity index (χ4n) is 1.67. The molecule has 0 aliphatic rings. The first-order chi connectivity index (χ1) is 11.3. The maximum Gasteiger partial charge on any atom is 0.329 e. The van der Waals surface area contributed by atoms with Gasteiger partial charge in [-0.1, -0.05) is 6.07 Å². The lowest BCUT2D eigenvalue weighted by molar-refractivity contribution is -0.384. The summed E-state index contributed by atoms with van der Waals surface area (Å²) in [7, 11) is 0. The second-order valence-electron chi connectivity index (χ2n) is 4.74. The van der Waals surface area contributed by atoms with E-state index in [-0.39, 0.29) is 24.4 Å². The molecule has 10 heteroatoms. The predicted molar refractivity (Wildman–Crippen MR) is 81.5 cm³/mol. The number of carboxylic acid groups (broad SMARTS) is 1. The number of nitro benzene ring substituents is 1. The summed E-state index contributed by atoms with van der Waals surface area (Å²) < 4.78 is 4.75. The summed E-state index contributed by atoms with van der Waals surface area (Å²) in [4.78, 5) is 44.0. The molecule has 0 saturated carbocycles. The highest BCUT2D eigenvalue weighted by Gasteiger charge is 2.17. The summed E-state index contributed by atoms with van der Waals surface area (Å²) in [5.74, 6) is -2.23. The first kappa shape index (κ1) is 19.0. The molecule has 24 heavy (non-hydrogen) atoms. The van der Waals surface area contributed by atoms with Crippen molar-refractivity contribution in [3.63, 3.8) is 0 Å². The molecule has 0 radical (unpaired) electrons. The Kier molecular flexibility index (Phi) is 7.30. The Bertz CT molecular complexity index is 633. The number of ether oxygens (including phenoxy) is 1. The highest BCUT2D eigenvalue weighted by atomic mass is 16.6. The van der Waals surface area contributed by atoms with E-state index in [0.29, 0.717) is 0 Å². The van der Waals surface area contributed by atoms with Crippen LogP contribution in [0.2, 0.25) is 0 Å². The standard InChI is InChI=1S/C14H17N3O7/c1-9(13(20)15-5-6-24-8-12(18)19)16-14(21)10-3-2-4-11(7-10)17(22)23/h2-4,7,9H,5-6,8H2,1H3,(H,15,20)(H,16,21)(H,18,19). The van der Waals surface area contributed by atoms with Crippen molar-refractivity contribution in [3.8, 4) is 0 Å². The molecule has 0 fully saturated rings. The van der Waals surface area contributed by atoms with Gasteiger partial charge < -0.3 is 20.5 Å². The summed E-state index contributed by atoms with van der Waals surface area (Å²) in [6.07, 6.45) is 0. The van der Waals surface area contributed by atoms with Gasteiger partial charge in [0.1, 0.15) is 12.6 Å². The first-order valence-corrected chi connectivity index (χ1v) is 6.94. The highest BCUT2D eigenvalue weighted by molar-refractivity contribution is 5.97. The molecule has 2 amide bonds.